The summed E-state index contributed by atoms with van der Waals surface area (Å²) in [6, 6.07) is 16.3. The van der Waals surface area contributed by atoms with Crippen LogP contribution in [0.2, 0.25) is 0 Å². The normalized spacial score (nSPS) is 16.4. The van der Waals surface area contributed by atoms with Gasteiger partial charge in [-0.05, 0) is 67.8 Å². The Morgan fingerprint density at radius 2 is 1.90 bits per heavy atom. The van der Waals surface area contributed by atoms with Crippen molar-refractivity contribution >= 4 is 22.8 Å². The molecule has 42 heavy (non-hydrogen) atoms. The second-order valence-corrected chi connectivity index (χ2v) is 10.8. The molecule has 0 radical (unpaired) electrons. The number of benzene rings is 2. The van der Waals surface area contributed by atoms with Crippen LogP contribution < -0.4 is 20.3 Å². The minimum absolute atomic E-state index is 0.0982. The average molecular weight is 581 g/mol. The van der Waals surface area contributed by atoms with Crippen LogP contribution in [0, 0.1) is 6.92 Å². The van der Waals surface area contributed by atoms with Crippen LogP contribution >= 0.6 is 0 Å². The summed E-state index contributed by atoms with van der Waals surface area (Å²) in [6.07, 6.45) is -2.40. The topological polar surface area (TPSA) is 84.3 Å². The van der Waals surface area contributed by atoms with Gasteiger partial charge in [0.15, 0.2) is 5.65 Å². The zero-order chi connectivity index (χ0) is 29.9. The molecule has 0 bridgehead atoms. The number of halogens is 3. The maximum absolute atomic E-state index is 13.0. The number of pyridine rings is 1. The van der Waals surface area contributed by atoms with Gasteiger partial charge in [0.05, 0.1) is 12.6 Å². The van der Waals surface area contributed by atoms with Crippen LogP contribution in [-0.4, -0.2) is 52.5 Å². The molecular weight excluding hydrogens is 545 g/mol. The quantitative estimate of drug-likeness (QED) is 0.280. The van der Waals surface area contributed by atoms with E-state index < -0.39 is 6.36 Å². The zero-order valence-corrected chi connectivity index (χ0v) is 23.9. The fourth-order valence-corrected chi connectivity index (χ4v) is 5.26. The minimum atomic E-state index is -4.75. The lowest BCUT2D eigenvalue weighted by atomic mass is 10.1. The number of amides is 1. The highest BCUT2D eigenvalue weighted by Gasteiger charge is 2.31. The first-order valence-corrected chi connectivity index (χ1v) is 14.1. The average Bonchev–Trinajstić information content (AvgIpc) is 3.28. The maximum atomic E-state index is 13.0. The van der Waals surface area contributed by atoms with Crippen LogP contribution in [0.15, 0.2) is 60.8 Å². The Labute approximate surface area is 242 Å². The van der Waals surface area contributed by atoms with Crippen LogP contribution in [0.1, 0.15) is 48.8 Å². The van der Waals surface area contributed by atoms with E-state index in [-0.39, 0.29) is 24.1 Å². The van der Waals surface area contributed by atoms with E-state index in [1.165, 1.54) is 17.8 Å². The molecule has 1 amide bonds. The number of hydrogen-bond donors (Lipinski definition) is 2. The number of ether oxygens (including phenoxy) is 1. The van der Waals surface area contributed by atoms with Crippen LogP contribution in [0.3, 0.4) is 0 Å². The van der Waals surface area contributed by atoms with Gasteiger partial charge in [0.2, 0.25) is 5.91 Å². The van der Waals surface area contributed by atoms with E-state index in [1.54, 1.807) is 18.3 Å². The molecule has 0 saturated carbocycles. The number of carbonyl (C=O) groups is 1. The Kier molecular flexibility index (Phi) is 8.67. The molecule has 3 heterocycles. The molecule has 1 unspecified atom stereocenters. The highest BCUT2D eigenvalue weighted by molar-refractivity contribution is 5.77. The fourth-order valence-electron chi connectivity index (χ4n) is 5.26. The lowest BCUT2D eigenvalue weighted by Gasteiger charge is -2.33. The highest BCUT2D eigenvalue weighted by Crippen LogP contribution is 2.25. The number of anilines is 1. The molecule has 2 N–H and O–H groups in total. The number of fused-ring (bicyclic) bond motifs is 1. The Balaban J connectivity index is 1.24. The predicted octanol–water partition coefficient (Wildman–Crippen LogP) is 5.29. The van der Waals surface area contributed by atoms with Gasteiger partial charge in [-0.1, -0.05) is 24.3 Å². The summed E-state index contributed by atoms with van der Waals surface area (Å²) in [5.41, 5.74) is 5.27. The van der Waals surface area contributed by atoms with E-state index in [2.05, 4.69) is 56.4 Å². The molecule has 1 fully saturated rings. The molecule has 0 aliphatic carbocycles. The SMILES string of the molecule is Cc1cnc2c(c1)nc(CCC(=O)NC(C)c1ccc(N3CCN[C@@H](C)C3)cc1)n2Cc1ccc(OC(F)(F)F)cc1. The summed E-state index contributed by atoms with van der Waals surface area (Å²) in [6.45, 7) is 9.30. The number of imidazole rings is 1. The number of aromatic nitrogens is 3. The van der Waals surface area contributed by atoms with Gasteiger partial charge in [0.1, 0.15) is 17.1 Å². The third kappa shape index (κ3) is 7.39. The molecule has 1 aliphatic heterocycles. The molecule has 1 saturated heterocycles. The largest absolute Gasteiger partial charge is 0.573 e. The second-order valence-electron chi connectivity index (χ2n) is 10.8. The van der Waals surface area contributed by atoms with Crippen LogP contribution in [0.25, 0.3) is 11.2 Å². The van der Waals surface area contributed by atoms with Crippen molar-refractivity contribution in [2.24, 2.45) is 0 Å². The van der Waals surface area contributed by atoms with Crippen molar-refractivity contribution in [3.05, 3.63) is 83.3 Å². The first kappa shape index (κ1) is 29.4. The predicted molar refractivity (Wildman–Crippen MR) is 155 cm³/mol. The number of piperazine rings is 1. The monoisotopic (exact) mass is 580 g/mol. The number of alkyl halides is 3. The van der Waals surface area contributed by atoms with Crippen molar-refractivity contribution in [2.45, 2.75) is 58.6 Å². The number of hydrogen-bond acceptors (Lipinski definition) is 6. The molecule has 2 aromatic carbocycles. The standard InChI is InChI=1S/C31H35F3N6O2/c1-20-16-27-30(36-17-20)40(19-23-4-10-26(11-5-23)42-31(32,33)34)28(38-27)12-13-29(41)37-22(3)24-6-8-25(9-7-24)39-15-14-35-21(2)18-39/h4-11,16-17,21-22,35H,12-15,18-19H2,1-3H3,(H,37,41)/t21-,22?/m0/s1. The van der Waals surface area contributed by atoms with Crippen molar-refractivity contribution in [3.63, 3.8) is 0 Å². The number of aryl methyl sites for hydroxylation is 2. The Bertz CT molecular complexity index is 1520. The van der Waals surface area contributed by atoms with Crippen molar-refractivity contribution in [2.75, 3.05) is 24.5 Å². The van der Waals surface area contributed by atoms with E-state index >= 15 is 0 Å². The summed E-state index contributed by atoms with van der Waals surface area (Å²) in [5, 5.41) is 6.54. The molecule has 4 aromatic rings. The fraction of sp³-hybridized carbons (Fsp3) is 0.387. The minimum Gasteiger partial charge on any atom is -0.406 e. The summed E-state index contributed by atoms with van der Waals surface area (Å²) in [7, 11) is 0. The van der Waals surface area contributed by atoms with Crippen LogP contribution in [-0.2, 0) is 17.8 Å². The Morgan fingerprint density at radius 3 is 2.60 bits per heavy atom. The van der Waals surface area contributed by atoms with Gasteiger partial charge < -0.3 is 24.8 Å². The van der Waals surface area contributed by atoms with Crippen LogP contribution in [0.5, 0.6) is 5.75 Å². The number of nitrogens with zero attached hydrogens (tertiary/aromatic N) is 4. The van der Waals surface area contributed by atoms with E-state index in [9.17, 15) is 18.0 Å². The molecule has 2 aromatic heterocycles. The summed E-state index contributed by atoms with van der Waals surface area (Å²) < 4.78 is 43.5. The van der Waals surface area contributed by atoms with Gasteiger partial charge >= 0.3 is 6.36 Å². The molecule has 11 heteroatoms. The van der Waals surface area contributed by atoms with E-state index in [0.29, 0.717) is 36.0 Å². The van der Waals surface area contributed by atoms with Crippen molar-refractivity contribution in [3.8, 4) is 5.75 Å². The first-order valence-electron chi connectivity index (χ1n) is 14.1. The number of carbonyl (C=O) groups excluding carboxylic acids is 1. The van der Waals surface area contributed by atoms with Gasteiger partial charge in [-0.2, -0.15) is 0 Å². The van der Waals surface area contributed by atoms with E-state index in [0.717, 1.165) is 36.3 Å². The lowest BCUT2D eigenvalue weighted by Crippen LogP contribution is -2.49. The molecule has 2 atom stereocenters. The first-order chi connectivity index (χ1) is 20.0. The lowest BCUT2D eigenvalue weighted by molar-refractivity contribution is -0.274. The van der Waals surface area contributed by atoms with Gasteiger partial charge in [-0.15, -0.1) is 13.2 Å². The number of rotatable bonds is 9. The number of nitrogens with one attached hydrogen (secondary N) is 2. The summed E-state index contributed by atoms with van der Waals surface area (Å²) in [4.78, 5) is 24.6. The molecule has 222 valence electrons. The Hall–Kier alpha value is -4.12. The molecule has 0 spiro atoms. The van der Waals surface area contributed by atoms with E-state index in [4.69, 9.17) is 4.98 Å². The van der Waals surface area contributed by atoms with Crippen LogP contribution in [0.4, 0.5) is 18.9 Å². The summed E-state index contributed by atoms with van der Waals surface area (Å²) >= 11 is 0. The molecule has 8 nitrogen and oxygen atoms in total. The van der Waals surface area contributed by atoms with Gasteiger partial charge in [0.25, 0.3) is 0 Å². The molecule has 1 aliphatic rings. The summed E-state index contributed by atoms with van der Waals surface area (Å²) in [5.74, 6) is 0.296. The molecule has 5 rings (SSSR count). The Morgan fingerprint density at radius 1 is 1.17 bits per heavy atom. The smallest absolute Gasteiger partial charge is 0.406 e. The third-order valence-corrected chi connectivity index (χ3v) is 7.38. The zero-order valence-electron chi connectivity index (χ0n) is 23.9. The van der Waals surface area contributed by atoms with Gasteiger partial charge in [0, 0.05) is 50.4 Å². The van der Waals surface area contributed by atoms with Crippen molar-refractivity contribution in [1.82, 2.24) is 25.2 Å². The van der Waals surface area contributed by atoms with Gasteiger partial charge in [-0.3, -0.25) is 4.79 Å². The van der Waals surface area contributed by atoms with Gasteiger partial charge in [-0.25, -0.2) is 9.97 Å². The van der Waals surface area contributed by atoms with Crippen molar-refractivity contribution < 1.29 is 22.7 Å². The third-order valence-electron chi connectivity index (χ3n) is 7.38. The highest BCUT2D eigenvalue weighted by atomic mass is 19.4. The van der Waals surface area contributed by atoms with Crippen molar-refractivity contribution in [1.29, 1.82) is 0 Å². The maximum Gasteiger partial charge on any atom is 0.573 e. The second kappa shape index (κ2) is 12.4. The van der Waals surface area contributed by atoms with E-state index in [1.807, 2.05) is 24.5 Å². The molecular formula is C31H35F3N6O2.